The van der Waals surface area contributed by atoms with Crippen molar-refractivity contribution < 1.29 is 9.52 Å². The third-order valence-electron chi connectivity index (χ3n) is 2.74. The lowest BCUT2D eigenvalue weighted by Crippen LogP contribution is -2.21. The molecule has 18 heavy (non-hydrogen) atoms. The molecule has 3 rings (SSSR count). The second-order valence-electron chi connectivity index (χ2n) is 3.92. The van der Waals surface area contributed by atoms with Gasteiger partial charge >= 0.3 is 0 Å². The Morgan fingerprint density at radius 2 is 2.06 bits per heavy atom. The largest absolute Gasteiger partial charge is 0.462 e. The van der Waals surface area contributed by atoms with Crippen molar-refractivity contribution in [3.8, 4) is 0 Å². The summed E-state index contributed by atoms with van der Waals surface area (Å²) in [6, 6.07) is 5.11. The molecule has 0 bridgehead atoms. The maximum absolute atomic E-state index is 12.1. The van der Waals surface area contributed by atoms with Crippen LogP contribution >= 0.6 is 0 Å². The molecule has 6 heteroatoms. The van der Waals surface area contributed by atoms with E-state index in [1.165, 1.54) is 9.08 Å². The number of furan rings is 1. The van der Waals surface area contributed by atoms with Crippen LogP contribution in [-0.4, -0.2) is 19.3 Å². The highest BCUT2D eigenvalue weighted by Gasteiger charge is 2.06. The highest BCUT2D eigenvalue weighted by molar-refractivity contribution is 5.42. The quantitative estimate of drug-likeness (QED) is 0.734. The minimum absolute atomic E-state index is 0.128. The van der Waals surface area contributed by atoms with Crippen molar-refractivity contribution in [1.29, 1.82) is 0 Å². The Balaban J connectivity index is 1.99. The summed E-state index contributed by atoms with van der Waals surface area (Å²) in [6.07, 6.45) is 4.95. The average molecular weight is 245 g/mol. The second kappa shape index (κ2) is 4.15. The summed E-state index contributed by atoms with van der Waals surface area (Å²) in [5.41, 5.74) is 0.392. The summed E-state index contributed by atoms with van der Waals surface area (Å²) in [5, 5.41) is 12.9. The molecule has 3 aromatic rings. The number of aliphatic hydroxyl groups excluding tert-OH is 1. The molecule has 1 N–H and O–H groups in total. The van der Waals surface area contributed by atoms with Gasteiger partial charge in [-0.1, -0.05) is 0 Å². The molecule has 0 saturated heterocycles. The number of aliphatic hydroxyl groups is 1. The summed E-state index contributed by atoms with van der Waals surface area (Å²) in [5.74, 6) is 1.12. The van der Waals surface area contributed by atoms with Crippen molar-refractivity contribution in [2.24, 2.45) is 0 Å². The van der Waals surface area contributed by atoms with Gasteiger partial charge in [-0.05, 0) is 18.2 Å². The van der Waals surface area contributed by atoms with Gasteiger partial charge in [0.2, 0.25) is 0 Å². The van der Waals surface area contributed by atoms with E-state index >= 15 is 0 Å². The predicted octanol–water partition coefficient (Wildman–Crippen LogP) is 0.630. The number of rotatable bonds is 3. The molecule has 0 atom stereocenters. The van der Waals surface area contributed by atoms with Crippen LogP contribution in [0, 0.1) is 0 Å². The van der Waals surface area contributed by atoms with Crippen molar-refractivity contribution in [2.45, 2.75) is 13.2 Å². The SMILES string of the molecule is O=c1c2ccnn2ccn1Cc1ccc(CO)o1. The van der Waals surface area contributed by atoms with E-state index in [2.05, 4.69) is 5.10 Å². The van der Waals surface area contributed by atoms with Gasteiger partial charge in [0, 0.05) is 12.4 Å². The molecule has 92 valence electrons. The van der Waals surface area contributed by atoms with E-state index in [0.717, 1.165) is 0 Å². The van der Waals surface area contributed by atoms with Crippen LogP contribution in [0.4, 0.5) is 0 Å². The summed E-state index contributed by atoms with van der Waals surface area (Å²) in [4.78, 5) is 12.1. The summed E-state index contributed by atoms with van der Waals surface area (Å²) < 4.78 is 8.42. The van der Waals surface area contributed by atoms with Crippen LogP contribution in [0.15, 0.2) is 46.0 Å². The van der Waals surface area contributed by atoms with Crippen LogP contribution in [0.3, 0.4) is 0 Å². The lowest BCUT2D eigenvalue weighted by Gasteiger charge is -2.03. The molecule has 0 fully saturated rings. The highest BCUT2D eigenvalue weighted by atomic mass is 16.4. The first-order valence-corrected chi connectivity index (χ1v) is 5.49. The lowest BCUT2D eigenvalue weighted by atomic mass is 10.4. The maximum atomic E-state index is 12.1. The first-order valence-electron chi connectivity index (χ1n) is 5.49. The molecule has 0 aliphatic rings. The Labute approximate surface area is 102 Å². The molecule has 3 heterocycles. The molecule has 0 unspecified atom stereocenters. The van der Waals surface area contributed by atoms with Gasteiger partial charge < -0.3 is 14.1 Å². The fourth-order valence-corrected chi connectivity index (χ4v) is 1.85. The minimum Gasteiger partial charge on any atom is -0.462 e. The van der Waals surface area contributed by atoms with Crippen molar-refractivity contribution in [2.75, 3.05) is 0 Å². The monoisotopic (exact) mass is 245 g/mol. The third kappa shape index (κ3) is 1.72. The second-order valence-corrected chi connectivity index (χ2v) is 3.92. The molecular weight excluding hydrogens is 234 g/mol. The summed E-state index contributed by atoms with van der Waals surface area (Å²) in [6.45, 7) is 0.192. The number of hydrogen-bond acceptors (Lipinski definition) is 4. The molecule has 0 saturated carbocycles. The van der Waals surface area contributed by atoms with Gasteiger partial charge in [0.05, 0.1) is 12.7 Å². The van der Waals surface area contributed by atoms with Crippen LogP contribution in [0.1, 0.15) is 11.5 Å². The van der Waals surface area contributed by atoms with E-state index < -0.39 is 0 Å². The maximum Gasteiger partial charge on any atom is 0.276 e. The molecule has 0 aliphatic heterocycles. The molecule has 0 amide bonds. The van der Waals surface area contributed by atoms with Gasteiger partial charge in [-0.3, -0.25) is 4.79 Å². The van der Waals surface area contributed by atoms with E-state index in [9.17, 15) is 4.79 Å². The minimum atomic E-state index is -0.142. The Morgan fingerprint density at radius 1 is 1.22 bits per heavy atom. The zero-order chi connectivity index (χ0) is 12.5. The Bertz CT molecular complexity index is 738. The molecule has 0 radical (unpaired) electrons. The topological polar surface area (TPSA) is 72.7 Å². The number of fused-ring (bicyclic) bond motifs is 1. The summed E-state index contributed by atoms with van der Waals surface area (Å²) in [7, 11) is 0. The van der Waals surface area contributed by atoms with Crippen LogP contribution in [0.2, 0.25) is 0 Å². The molecule has 3 aromatic heterocycles. The van der Waals surface area contributed by atoms with Crippen molar-refractivity contribution in [3.63, 3.8) is 0 Å². The molecule has 0 aliphatic carbocycles. The van der Waals surface area contributed by atoms with Crippen LogP contribution < -0.4 is 5.56 Å². The first-order chi connectivity index (χ1) is 8.78. The fraction of sp³-hybridized carbons (Fsp3) is 0.167. The first kappa shape index (κ1) is 10.8. The Morgan fingerprint density at radius 3 is 2.83 bits per heavy atom. The van der Waals surface area contributed by atoms with Gasteiger partial charge in [0.1, 0.15) is 23.6 Å². The number of nitrogens with zero attached hydrogens (tertiary/aromatic N) is 3. The Kier molecular flexibility index (Phi) is 2.49. The van der Waals surface area contributed by atoms with Gasteiger partial charge in [-0.2, -0.15) is 5.10 Å². The van der Waals surface area contributed by atoms with Crippen LogP contribution in [0.25, 0.3) is 5.52 Å². The van der Waals surface area contributed by atoms with Gasteiger partial charge in [0.25, 0.3) is 5.56 Å². The molecule has 0 spiro atoms. The van der Waals surface area contributed by atoms with Crippen molar-refractivity contribution >= 4 is 5.52 Å². The Hall–Kier alpha value is -2.34. The average Bonchev–Trinajstić information content (AvgIpc) is 3.01. The predicted molar refractivity (Wildman–Crippen MR) is 63.2 cm³/mol. The lowest BCUT2D eigenvalue weighted by molar-refractivity contribution is 0.243. The van der Waals surface area contributed by atoms with Crippen molar-refractivity contribution in [3.05, 3.63) is 58.7 Å². The summed E-state index contributed by atoms with van der Waals surface area (Å²) >= 11 is 0. The zero-order valence-electron chi connectivity index (χ0n) is 9.48. The zero-order valence-corrected chi connectivity index (χ0v) is 9.48. The van der Waals surface area contributed by atoms with E-state index in [1.54, 1.807) is 36.8 Å². The van der Waals surface area contributed by atoms with Gasteiger partial charge in [0.15, 0.2) is 0 Å². The third-order valence-corrected chi connectivity index (χ3v) is 2.74. The number of hydrogen-bond donors (Lipinski definition) is 1. The highest BCUT2D eigenvalue weighted by Crippen LogP contribution is 2.08. The number of aromatic nitrogens is 3. The normalized spacial score (nSPS) is 11.2. The standard InChI is InChI=1S/C12H11N3O3/c16-8-10-2-1-9(18-10)7-14-5-6-15-11(12(14)17)3-4-13-15/h1-6,16H,7-8H2. The van der Waals surface area contributed by atoms with E-state index in [0.29, 0.717) is 23.6 Å². The smallest absolute Gasteiger partial charge is 0.276 e. The van der Waals surface area contributed by atoms with Gasteiger partial charge in [-0.15, -0.1) is 0 Å². The molecule has 0 aromatic carbocycles. The molecular formula is C12H11N3O3. The molecule has 6 nitrogen and oxygen atoms in total. The van der Waals surface area contributed by atoms with E-state index in [4.69, 9.17) is 9.52 Å². The van der Waals surface area contributed by atoms with Crippen molar-refractivity contribution in [1.82, 2.24) is 14.2 Å². The van der Waals surface area contributed by atoms with Gasteiger partial charge in [-0.25, -0.2) is 4.52 Å². The van der Waals surface area contributed by atoms with Crippen LogP contribution in [-0.2, 0) is 13.2 Å². The van der Waals surface area contributed by atoms with E-state index in [-0.39, 0.29) is 12.2 Å². The van der Waals surface area contributed by atoms with Crippen LogP contribution in [0.5, 0.6) is 0 Å². The fourth-order valence-electron chi connectivity index (χ4n) is 1.85. The van der Waals surface area contributed by atoms with E-state index in [1.807, 2.05) is 0 Å².